The maximum Gasteiger partial charge on any atom is 0.276 e. The summed E-state index contributed by atoms with van der Waals surface area (Å²) in [6.45, 7) is 0. The number of rotatable bonds is 3. The summed E-state index contributed by atoms with van der Waals surface area (Å²) in [5.74, 6) is -1.96. The van der Waals surface area contributed by atoms with Crippen molar-refractivity contribution in [2.24, 2.45) is 0 Å². The zero-order valence-electron chi connectivity index (χ0n) is 9.95. The van der Waals surface area contributed by atoms with Gasteiger partial charge in [0.2, 0.25) is 0 Å². The van der Waals surface area contributed by atoms with Gasteiger partial charge in [-0.05, 0) is 24.3 Å². The lowest BCUT2D eigenvalue weighted by molar-refractivity contribution is 0.102. The van der Waals surface area contributed by atoms with Crippen molar-refractivity contribution >= 4 is 17.4 Å². The number of nitrogens with one attached hydrogen (secondary N) is 2. The summed E-state index contributed by atoms with van der Waals surface area (Å²) in [6.07, 6.45) is 0. The third kappa shape index (κ3) is 2.82. The Kier molecular flexibility index (Phi) is 3.65. The molecular weight excluding hydrogens is 254 g/mol. The number of carbonyl (C=O) groups is 1. The number of carbonyl (C=O) groups excluding carboxylic acids is 1. The number of nitrogens with zero attached hydrogens (tertiary/aromatic N) is 2. The first-order chi connectivity index (χ1) is 9.11. The molecule has 7 heteroatoms. The van der Waals surface area contributed by atoms with E-state index in [1.165, 1.54) is 18.2 Å². The Balaban J connectivity index is 2.20. The van der Waals surface area contributed by atoms with Crippen LogP contribution >= 0.6 is 0 Å². The third-order valence-corrected chi connectivity index (χ3v) is 2.35. The maximum atomic E-state index is 13.3. The van der Waals surface area contributed by atoms with Gasteiger partial charge in [0.05, 0.1) is 0 Å². The Morgan fingerprint density at radius 2 is 1.79 bits per heavy atom. The molecule has 2 aromatic rings. The largest absolute Gasteiger partial charge is 0.372 e. The molecule has 19 heavy (non-hydrogen) atoms. The van der Waals surface area contributed by atoms with Crippen LogP contribution in [0.5, 0.6) is 0 Å². The van der Waals surface area contributed by atoms with Crippen molar-refractivity contribution in [2.75, 3.05) is 17.7 Å². The number of aromatic nitrogens is 2. The average molecular weight is 264 g/mol. The quantitative estimate of drug-likeness (QED) is 0.890. The summed E-state index contributed by atoms with van der Waals surface area (Å²) in [6, 6.07) is 6.23. The fraction of sp³-hybridized carbons (Fsp3) is 0.0833. The summed E-state index contributed by atoms with van der Waals surface area (Å²) in [4.78, 5) is 11.8. The normalized spacial score (nSPS) is 10.1. The second-order valence-corrected chi connectivity index (χ2v) is 3.60. The van der Waals surface area contributed by atoms with Crippen LogP contribution in [0.4, 0.5) is 20.3 Å². The molecule has 0 bridgehead atoms. The molecular formula is C12H10F2N4O. The molecule has 1 aromatic heterocycles. The smallest absolute Gasteiger partial charge is 0.276 e. The SMILES string of the molecule is CNc1ccc(C(=O)Nc2c(F)cccc2F)nn1. The molecule has 0 aliphatic heterocycles. The predicted octanol–water partition coefficient (Wildman–Crippen LogP) is 2.05. The lowest BCUT2D eigenvalue weighted by atomic mass is 10.2. The van der Waals surface area contributed by atoms with E-state index in [0.717, 1.165) is 12.1 Å². The van der Waals surface area contributed by atoms with Crippen LogP contribution in [0.3, 0.4) is 0 Å². The van der Waals surface area contributed by atoms with Gasteiger partial charge in [-0.25, -0.2) is 8.78 Å². The molecule has 5 nitrogen and oxygen atoms in total. The van der Waals surface area contributed by atoms with Gasteiger partial charge in [-0.2, -0.15) is 0 Å². The predicted molar refractivity (Wildman–Crippen MR) is 65.9 cm³/mol. The molecule has 0 atom stereocenters. The highest BCUT2D eigenvalue weighted by atomic mass is 19.1. The van der Waals surface area contributed by atoms with E-state index in [0.29, 0.717) is 5.82 Å². The standard InChI is InChI=1S/C12H10F2N4O/c1-15-10-6-5-9(17-18-10)12(19)16-11-7(13)3-2-4-8(11)14/h2-6H,1H3,(H,15,18)(H,16,19). The molecule has 0 aliphatic rings. The third-order valence-electron chi connectivity index (χ3n) is 2.35. The molecule has 0 saturated carbocycles. The summed E-state index contributed by atoms with van der Waals surface area (Å²) >= 11 is 0. The van der Waals surface area contributed by atoms with E-state index in [1.54, 1.807) is 7.05 Å². The molecule has 2 N–H and O–H groups in total. The Labute approximate surface area is 107 Å². The van der Waals surface area contributed by atoms with Gasteiger partial charge in [0.15, 0.2) is 5.69 Å². The van der Waals surface area contributed by atoms with E-state index in [4.69, 9.17) is 0 Å². The zero-order valence-corrected chi connectivity index (χ0v) is 9.95. The van der Waals surface area contributed by atoms with Crippen molar-refractivity contribution in [1.82, 2.24) is 10.2 Å². The number of para-hydroxylation sites is 1. The highest BCUT2D eigenvalue weighted by Crippen LogP contribution is 2.18. The second-order valence-electron chi connectivity index (χ2n) is 3.60. The van der Waals surface area contributed by atoms with Gasteiger partial charge in [-0.3, -0.25) is 4.79 Å². The number of hydrogen-bond acceptors (Lipinski definition) is 4. The van der Waals surface area contributed by atoms with E-state index in [9.17, 15) is 13.6 Å². The highest BCUT2D eigenvalue weighted by molar-refractivity contribution is 6.02. The molecule has 0 radical (unpaired) electrons. The van der Waals surface area contributed by atoms with Crippen molar-refractivity contribution in [2.45, 2.75) is 0 Å². The fourth-order valence-electron chi connectivity index (χ4n) is 1.38. The minimum absolute atomic E-state index is 0.0401. The summed E-state index contributed by atoms with van der Waals surface area (Å²) in [7, 11) is 1.65. The Morgan fingerprint density at radius 1 is 1.11 bits per heavy atom. The highest BCUT2D eigenvalue weighted by Gasteiger charge is 2.14. The van der Waals surface area contributed by atoms with E-state index < -0.39 is 23.2 Å². The Morgan fingerprint density at radius 3 is 2.32 bits per heavy atom. The van der Waals surface area contributed by atoms with Crippen LogP contribution in [0, 0.1) is 11.6 Å². The van der Waals surface area contributed by atoms with Crippen LogP contribution in [0.2, 0.25) is 0 Å². The van der Waals surface area contributed by atoms with Gasteiger partial charge in [0.25, 0.3) is 5.91 Å². The first-order valence-electron chi connectivity index (χ1n) is 5.38. The number of benzene rings is 1. The summed E-state index contributed by atoms with van der Waals surface area (Å²) in [5, 5.41) is 12.2. The van der Waals surface area contributed by atoms with Gasteiger partial charge in [0.1, 0.15) is 23.1 Å². The number of hydrogen-bond donors (Lipinski definition) is 2. The van der Waals surface area contributed by atoms with Crippen molar-refractivity contribution in [1.29, 1.82) is 0 Å². The Hall–Kier alpha value is -2.57. The van der Waals surface area contributed by atoms with Crippen molar-refractivity contribution < 1.29 is 13.6 Å². The van der Waals surface area contributed by atoms with Gasteiger partial charge in [-0.1, -0.05) is 6.07 Å². The first kappa shape index (κ1) is 12.9. The Bertz CT molecular complexity index is 581. The maximum absolute atomic E-state index is 13.3. The van der Waals surface area contributed by atoms with Gasteiger partial charge in [-0.15, -0.1) is 10.2 Å². The lowest BCUT2D eigenvalue weighted by Crippen LogP contribution is -2.16. The minimum Gasteiger partial charge on any atom is -0.372 e. The topological polar surface area (TPSA) is 66.9 Å². The lowest BCUT2D eigenvalue weighted by Gasteiger charge is -2.06. The van der Waals surface area contributed by atoms with E-state index in [1.807, 2.05) is 0 Å². The minimum atomic E-state index is -0.854. The molecule has 0 aliphatic carbocycles. The summed E-state index contributed by atoms with van der Waals surface area (Å²) in [5.41, 5.74) is -0.548. The van der Waals surface area contributed by atoms with Crippen LogP contribution in [-0.2, 0) is 0 Å². The summed E-state index contributed by atoms with van der Waals surface area (Å²) < 4.78 is 26.7. The van der Waals surface area contributed by atoms with E-state index in [2.05, 4.69) is 20.8 Å². The van der Waals surface area contributed by atoms with Crippen LogP contribution in [0.25, 0.3) is 0 Å². The van der Waals surface area contributed by atoms with Gasteiger partial charge < -0.3 is 10.6 Å². The van der Waals surface area contributed by atoms with Gasteiger partial charge in [0, 0.05) is 7.05 Å². The van der Waals surface area contributed by atoms with Crippen LogP contribution in [0.15, 0.2) is 30.3 Å². The molecule has 98 valence electrons. The monoisotopic (exact) mass is 264 g/mol. The molecule has 1 heterocycles. The molecule has 0 fully saturated rings. The second kappa shape index (κ2) is 5.38. The van der Waals surface area contributed by atoms with E-state index in [-0.39, 0.29) is 5.69 Å². The molecule has 1 aromatic carbocycles. The number of halogens is 2. The van der Waals surface area contributed by atoms with Gasteiger partial charge >= 0.3 is 0 Å². The zero-order chi connectivity index (χ0) is 13.8. The molecule has 0 unspecified atom stereocenters. The van der Waals surface area contributed by atoms with Crippen LogP contribution in [0.1, 0.15) is 10.5 Å². The number of anilines is 2. The average Bonchev–Trinajstić information content (AvgIpc) is 2.43. The molecule has 1 amide bonds. The first-order valence-corrected chi connectivity index (χ1v) is 5.38. The van der Waals surface area contributed by atoms with Crippen LogP contribution < -0.4 is 10.6 Å². The molecule has 0 spiro atoms. The fourth-order valence-corrected chi connectivity index (χ4v) is 1.38. The molecule has 2 rings (SSSR count). The van der Waals surface area contributed by atoms with E-state index >= 15 is 0 Å². The molecule has 0 saturated heterocycles. The number of amides is 1. The van der Waals surface area contributed by atoms with Crippen molar-refractivity contribution in [3.8, 4) is 0 Å². The van der Waals surface area contributed by atoms with Crippen LogP contribution in [-0.4, -0.2) is 23.2 Å². The van der Waals surface area contributed by atoms with Crippen molar-refractivity contribution in [3.63, 3.8) is 0 Å². The van der Waals surface area contributed by atoms with Crippen molar-refractivity contribution in [3.05, 3.63) is 47.7 Å².